The van der Waals surface area contributed by atoms with Crippen LogP contribution in [0.3, 0.4) is 0 Å². The molecule has 0 spiro atoms. The molecular weight excluding hydrogens is 490 g/mol. The number of nitrogens with zero attached hydrogens (tertiary/aromatic N) is 4. The smallest absolute Gasteiger partial charge is 0.257 e. The number of likely N-dealkylation sites (tertiary alicyclic amines) is 1. The highest BCUT2D eigenvalue weighted by atomic mass is 16.2. The van der Waals surface area contributed by atoms with Crippen molar-refractivity contribution in [3.05, 3.63) is 47.7 Å². The van der Waals surface area contributed by atoms with Crippen molar-refractivity contribution in [2.45, 2.75) is 66.7 Å². The SMILES string of the molecule is CCN(CCCC1CCN(CC(=O)N2c3ccc(C)cc3C(=O)Nc3cccnc32)CC1)C(=O)C(C)(C)CC. The van der Waals surface area contributed by atoms with E-state index in [1.54, 1.807) is 23.2 Å². The zero-order chi connectivity index (χ0) is 28.2. The summed E-state index contributed by atoms with van der Waals surface area (Å²) in [5.74, 6) is 0.982. The maximum Gasteiger partial charge on any atom is 0.257 e. The minimum atomic E-state index is -0.306. The summed E-state index contributed by atoms with van der Waals surface area (Å²) in [7, 11) is 0. The molecule has 2 aliphatic heterocycles. The molecule has 1 saturated heterocycles. The third-order valence-electron chi connectivity index (χ3n) is 8.37. The fourth-order valence-corrected chi connectivity index (χ4v) is 5.50. The highest BCUT2D eigenvalue weighted by Gasteiger charge is 2.32. The molecule has 4 rings (SSSR count). The molecular formula is C31H43N5O3. The van der Waals surface area contributed by atoms with Crippen LogP contribution in [-0.4, -0.2) is 65.2 Å². The zero-order valence-electron chi connectivity index (χ0n) is 24.1. The number of nitrogens with one attached hydrogen (secondary N) is 1. The summed E-state index contributed by atoms with van der Waals surface area (Å²) in [6.07, 6.45) is 6.68. The molecule has 8 heteroatoms. The van der Waals surface area contributed by atoms with Gasteiger partial charge in [0.1, 0.15) is 0 Å². The Morgan fingerprint density at radius 1 is 1.15 bits per heavy atom. The fourth-order valence-electron chi connectivity index (χ4n) is 5.50. The van der Waals surface area contributed by atoms with Crippen molar-refractivity contribution in [1.29, 1.82) is 0 Å². The molecule has 0 atom stereocenters. The van der Waals surface area contributed by atoms with Crippen molar-refractivity contribution in [1.82, 2.24) is 14.8 Å². The number of anilines is 3. The first-order valence-corrected chi connectivity index (χ1v) is 14.4. The Labute approximate surface area is 232 Å². The van der Waals surface area contributed by atoms with Crippen LogP contribution in [-0.2, 0) is 9.59 Å². The number of piperidine rings is 1. The van der Waals surface area contributed by atoms with E-state index in [1.807, 2.05) is 43.9 Å². The molecule has 3 heterocycles. The second kappa shape index (κ2) is 12.3. The third kappa shape index (κ3) is 6.49. The minimum Gasteiger partial charge on any atom is -0.343 e. The number of hydrogen-bond acceptors (Lipinski definition) is 5. The number of benzene rings is 1. The van der Waals surface area contributed by atoms with Gasteiger partial charge in [-0.25, -0.2) is 4.98 Å². The van der Waals surface area contributed by atoms with E-state index in [2.05, 4.69) is 29.0 Å². The third-order valence-corrected chi connectivity index (χ3v) is 8.37. The number of pyridine rings is 1. The van der Waals surface area contributed by atoms with Crippen molar-refractivity contribution in [3.8, 4) is 0 Å². The number of aromatic nitrogens is 1. The number of aryl methyl sites for hydroxylation is 1. The summed E-state index contributed by atoms with van der Waals surface area (Å²) >= 11 is 0. The van der Waals surface area contributed by atoms with E-state index in [0.29, 0.717) is 28.7 Å². The monoisotopic (exact) mass is 533 g/mol. The minimum absolute atomic E-state index is 0.0920. The number of rotatable bonds is 9. The van der Waals surface area contributed by atoms with Gasteiger partial charge in [0, 0.05) is 24.7 Å². The maximum absolute atomic E-state index is 13.7. The van der Waals surface area contributed by atoms with Gasteiger partial charge in [0.05, 0.1) is 23.5 Å². The Bertz CT molecular complexity index is 1200. The van der Waals surface area contributed by atoms with Crippen LogP contribution < -0.4 is 10.2 Å². The van der Waals surface area contributed by atoms with E-state index < -0.39 is 0 Å². The highest BCUT2D eigenvalue weighted by molar-refractivity contribution is 6.17. The predicted molar refractivity (Wildman–Crippen MR) is 155 cm³/mol. The first-order valence-electron chi connectivity index (χ1n) is 14.4. The molecule has 0 radical (unpaired) electrons. The molecule has 2 aliphatic rings. The lowest BCUT2D eigenvalue weighted by Gasteiger charge is -2.34. The molecule has 1 fully saturated rings. The van der Waals surface area contributed by atoms with E-state index in [0.717, 1.165) is 63.8 Å². The predicted octanol–water partition coefficient (Wildman–Crippen LogP) is 5.40. The largest absolute Gasteiger partial charge is 0.343 e. The van der Waals surface area contributed by atoms with Crippen LogP contribution in [0.2, 0.25) is 0 Å². The van der Waals surface area contributed by atoms with Gasteiger partial charge in [-0.1, -0.05) is 32.4 Å². The molecule has 39 heavy (non-hydrogen) atoms. The standard InChI is InChI=1S/C31H43N5O3/c1-6-31(4,5)30(39)35(7-2)17-9-10-23-14-18-34(19-15-23)21-27(37)36-26-13-12-22(3)20-24(26)29(38)33-25-11-8-16-32-28(25)36/h8,11-13,16,20,23H,6-7,9-10,14-15,17-19,21H2,1-5H3,(H,33,38). The van der Waals surface area contributed by atoms with E-state index in [9.17, 15) is 14.4 Å². The first-order chi connectivity index (χ1) is 18.6. The van der Waals surface area contributed by atoms with E-state index in [4.69, 9.17) is 0 Å². The molecule has 1 N–H and O–H groups in total. The number of fused-ring (bicyclic) bond motifs is 2. The average Bonchev–Trinajstić information content (AvgIpc) is 3.05. The average molecular weight is 534 g/mol. The molecule has 2 aromatic rings. The number of amides is 3. The highest BCUT2D eigenvalue weighted by Crippen LogP contribution is 2.37. The molecule has 1 aromatic carbocycles. The molecule has 8 nitrogen and oxygen atoms in total. The van der Waals surface area contributed by atoms with Crippen LogP contribution in [0.1, 0.15) is 75.7 Å². The summed E-state index contributed by atoms with van der Waals surface area (Å²) in [5.41, 5.74) is 2.22. The van der Waals surface area contributed by atoms with Gasteiger partial charge >= 0.3 is 0 Å². The van der Waals surface area contributed by atoms with Crippen molar-refractivity contribution in [2.75, 3.05) is 42.9 Å². The van der Waals surface area contributed by atoms with Crippen LogP contribution in [0.4, 0.5) is 17.2 Å². The first kappa shape index (κ1) is 28.7. The van der Waals surface area contributed by atoms with E-state index in [1.165, 1.54) is 0 Å². The van der Waals surface area contributed by atoms with Gasteiger partial charge in [0.2, 0.25) is 11.8 Å². The second-order valence-electron chi connectivity index (χ2n) is 11.6. The Morgan fingerprint density at radius 2 is 1.90 bits per heavy atom. The molecule has 0 aliphatic carbocycles. The Balaban J connectivity index is 1.35. The topological polar surface area (TPSA) is 85.8 Å². The lowest BCUT2D eigenvalue weighted by molar-refractivity contribution is -0.140. The van der Waals surface area contributed by atoms with Gasteiger partial charge in [-0.2, -0.15) is 0 Å². The van der Waals surface area contributed by atoms with Gasteiger partial charge < -0.3 is 10.2 Å². The van der Waals surface area contributed by atoms with Gasteiger partial charge in [-0.3, -0.25) is 24.2 Å². The van der Waals surface area contributed by atoms with Gasteiger partial charge in [-0.05, 0) is 89.2 Å². The zero-order valence-corrected chi connectivity index (χ0v) is 24.1. The van der Waals surface area contributed by atoms with Gasteiger partial charge in [-0.15, -0.1) is 0 Å². The fraction of sp³-hybridized carbons (Fsp3) is 0.548. The molecule has 0 saturated carbocycles. The van der Waals surface area contributed by atoms with Gasteiger partial charge in [0.15, 0.2) is 5.82 Å². The van der Waals surface area contributed by atoms with Gasteiger partial charge in [0.25, 0.3) is 5.91 Å². The second-order valence-corrected chi connectivity index (χ2v) is 11.6. The number of carbonyl (C=O) groups is 3. The van der Waals surface area contributed by atoms with Crippen molar-refractivity contribution < 1.29 is 14.4 Å². The summed E-state index contributed by atoms with van der Waals surface area (Å²) in [6, 6.07) is 9.11. The van der Waals surface area contributed by atoms with E-state index in [-0.39, 0.29) is 29.7 Å². The molecule has 0 unspecified atom stereocenters. The Morgan fingerprint density at radius 3 is 2.59 bits per heavy atom. The quantitative estimate of drug-likeness (QED) is 0.467. The molecule has 1 aromatic heterocycles. The Kier molecular flexibility index (Phi) is 9.05. The van der Waals surface area contributed by atoms with Crippen molar-refractivity contribution >= 4 is 34.9 Å². The number of carbonyl (C=O) groups excluding carboxylic acids is 3. The molecule has 3 amide bonds. The summed E-state index contributed by atoms with van der Waals surface area (Å²) in [5, 5.41) is 2.92. The van der Waals surface area contributed by atoms with Crippen molar-refractivity contribution in [3.63, 3.8) is 0 Å². The van der Waals surface area contributed by atoms with Crippen molar-refractivity contribution in [2.24, 2.45) is 11.3 Å². The van der Waals surface area contributed by atoms with Crippen LogP contribution in [0, 0.1) is 18.3 Å². The summed E-state index contributed by atoms with van der Waals surface area (Å²) in [6.45, 7) is 13.7. The lowest BCUT2D eigenvalue weighted by atomic mass is 9.88. The van der Waals surface area contributed by atoms with E-state index >= 15 is 0 Å². The normalized spacial score (nSPS) is 16.2. The maximum atomic E-state index is 13.7. The molecule has 210 valence electrons. The van der Waals surface area contributed by atoms with Crippen LogP contribution >= 0.6 is 0 Å². The van der Waals surface area contributed by atoms with Crippen LogP contribution in [0.25, 0.3) is 0 Å². The number of hydrogen-bond donors (Lipinski definition) is 1. The summed E-state index contributed by atoms with van der Waals surface area (Å²) in [4.78, 5) is 49.8. The summed E-state index contributed by atoms with van der Waals surface area (Å²) < 4.78 is 0. The lowest BCUT2D eigenvalue weighted by Crippen LogP contribution is -2.43. The molecule has 0 bridgehead atoms. The Hall–Kier alpha value is -3.26. The van der Waals surface area contributed by atoms with Crippen LogP contribution in [0.5, 0.6) is 0 Å². The van der Waals surface area contributed by atoms with Crippen LogP contribution in [0.15, 0.2) is 36.5 Å².